The number of carbonyl (C=O) groups is 1. The van der Waals surface area contributed by atoms with Gasteiger partial charge in [-0.1, -0.05) is 30.3 Å². The molecule has 8 heteroatoms. The fourth-order valence-electron chi connectivity index (χ4n) is 4.05. The van der Waals surface area contributed by atoms with Gasteiger partial charge in [0.25, 0.3) is 5.56 Å². The van der Waals surface area contributed by atoms with Crippen LogP contribution in [0.1, 0.15) is 0 Å². The number of hydrogen-bond donors (Lipinski definition) is 2. The minimum atomic E-state index is -0.201. The van der Waals surface area contributed by atoms with Crippen LogP contribution >= 0.6 is 0 Å². The molecule has 8 nitrogen and oxygen atoms in total. The molecule has 0 spiro atoms. The molecule has 31 heavy (non-hydrogen) atoms. The van der Waals surface area contributed by atoms with Crippen LogP contribution in [-0.4, -0.2) is 56.8 Å². The van der Waals surface area contributed by atoms with Gasteiger partial charge in [-0.05, 0) is 29.8 Å². The number of urea groups is 1. The number of nitrogens with zero attached hydrogens (tertiary/aromatic N) is 4. The van der Waals surface area contributed by atoms with Gasteiger partial charge in [0.2, 0.25) is 0 Å². The standard InChI is InChI=1S/C23H21N5O3/c29-13-12-26-10-11-27(23(26)31)18-8-6-16(7-9-18)19-14-28(17-4-2-1-3-5-17)21-20(19)22(30)25-15-24-21/h1-9,14-15,29H,10-13H2,(H,24,25,30). The summed E-state index contributed by atoms with van der Waals surface area (Å²) in [6, 6.07) is 17.2. The van der Waals surface area contributed by atoms with Gasteiger partial charge in [-0.25, -0.2) is 9.78 Å². The summed E-state index contributed by atoms with van der Waals surface area (Å²) in [6.07, 6.45) is 3.33. The summed E-state index contributed by atoms with van der Waals surface area (Å²) in [5, 5.41) is 9.63. The molecule has 2 amide bonds. The Morgan fingerprint density at radius 2 is 1.74 bits per heavy atom. The second kappa shape index (κ2) is 7.73. The van der Waals surface area contributed by atoms with E-state index in [-0.39, 0.29) is 18.2 Å². The highest BCUT2D eigenvalue weighted by atomic mass is 16.3. The van der Waals surface area contributed by atoms with Crippen molar-refractivity contribution in [2.75, 3.05) is 31.1 Å². The largest absolute Gasteiger partial charge is 0.395 e. The molecule has 0 bridgehead atoms. The fraction of sp³-hybridized carbons (Fsp3) is 0.174. The first kappa shape index (κ1) is 19.1. The maximum Gasteiger partial charge on any atom is 0.324 e. The zero-order valence-electron chi connectivity index (χ0n) is 16.7. The van der Waals surface area contributed by atoms with E-state index >= 15 is 0 Å². The lowest BCUT2D eigenvalue weighted by Crippen LogP contribution is -2.33. The lowest BCUT2D eigenvalue weighted by atomic mass is 10.1. The fourth-order valence-corrected chi connectivity index (χ4v) is 4.05. The number of carbonyl (C=O) groups excluding carboxylic acids is 1. The average molecular weight is 415 g/mol. The number of β-amino-alcohol motifs (C(OH)–C–C–N with tert-alkyl or cyclic N) is 1. The number of aromatic amines is 1. The predicted octanol–water partition coefficient (Wildman–Crippen LogP) is 2.62. The van der Waals surface area contributed by atoms with Gasteiger partial charge in [-0.3, -0.25) is 9.69 Å². The van der Waals surface area contributed by atoms with Gasteiger partial charge in [-0.2, -0.15) is 0 Å². The van der Waals surface area contributed by atoms with Crippen LogP contribution in [0, 0.1) is 0 Å². The Morgan fingerprint density at radius 1 is 0.968 bits per heavy atom. The molecule has 2 aromatic heterocycles. The van der Waals surface area contributed by atoms with Gasteiger partial charge in [0.1, 0.15) is 0 Å². The molecule has 0 atom stereocenters. The zero-order valence-corrected chi connectivity index (χ0v) is 16.7. The molecule has 5 rings (SSSR count). The minimum absolute atomic E-state index is 0.0490. The van der Waals surface area contributed by atoms with Crippen LogP contribution in [0.5, 0.6) is 0 Å². The summed E-state index contributed by atoms with van der Waals surface area (Å²) in [4.78, 5) is 35.6. The van der Waals surface area contributed by atoms with Crippen LogP contribution in [-0.2, 0) is 0 Å². The Hall–Kier alpha value is -3.91. The first-order valence-electron chi connectivity index (χ1n) is 10.1. The van der Waals surface area contributed by atoms with E-state index in [1.165, 1.54) is 6.33 Å². The molecule has 2 N–H and O–H groups in total. The van der Waals surface area contributed by atoms with Crippen LogP contribution in [0.2, 0.25) is 0 Å². The number of anilines is 1. The van der Waals surface area contributed by atoms with Crippen LogP contribution < -0.4 is 10.5 Å². The maximum absolute atomic E-state index is 12.6. The Bertz CT molecular complexity index is 1290. The van der Waals surface area contributed by atoms with Crippen molar-refractivity contribution < 1.29 is 9.90 Å². The molecular weight excluding hydrogens is 394 g/mol. The van der Waals surface area contributed by atoms with Crippen LogP contribution in [0.25, 0.3) is 27.8 Å². The molecular formula is C23H21N5O3. The molecule has 1 aliphatic heterocycles. The van der Waals surface area contributed by atoms with Crippen molar-refractivity contribution in [3.63, 3.8) is 0 Å². The van der Waals surface area contributed by atoms with Crippen molar-refractivity contribution in [2.24, 2.45) is 0 Å². The normalized spacial score (nSPS) is 14.0. The highest BCUT2D eigenvalue weighted by Gasteiger charge is 2.29. The van der Waals surface area contributed by atoms with Gasteiger partial charge in [0.05, 0.1) is 18.3 Å². The van der Waals surface area contributed by atoms with Crippen molar-refractivity contribution in [1.82, 2.24) is 19.4 Å². The first-order chi connectivity index (χ1) is 15.2. The number of benzene rings is 2. The van der Waals surface area contributed by atoms with Crippen molar-refractivity contribution in [2.45, 2.75) is 0 Å². The summed E-state index contributed by atoms with van der Waals surface area (Å²) in [5.74, 6) is 0. The third kappa shape index (κ3) is 3.27. The molecule has 0 unspecified atom stereocenters. The minimum Gasteiger partial charge on any atom is -0.395 e. The van der Waals surface area contributed by atoms with E-state index in [4.69, 9.17) is 5.11 Å². The van der Waals surface area contributed by atoms with Gasteiger partial charge >= 0.3 is 6.03 Å². The smallest absolute Gasteiger partial charge is 0.324 e. The second-order valence-electron chi connectivity index (χ2n) is 7.37. The number of H-pyrrole nitrogens is 1. The number of para-hydroxylation sites is 1. The van der Waals surface area contributed by atoms with E-state index in [1.54, 1.807) is 9.80 Å². The summed E-state index contributed by atoms with van der Waals surface area (Å²) in [7, 11) is 0. The Labute approximate surface area is 178 Å². The molecule has 1 fully saturated rings. The summed E-state index contributed by atoms with van der Waals surface area (Å²) >= 11 is 0. The second-order valence-corrected chi connectivity index (χ2v) is 7.37. The summed E-state index contributed by atoms with van der Waals surface area (Å²) in [6.45, 7) is 1.45. The third-order valence-electron chi connectivity index (χ3n) is 5.58. The quantitative estimate of drug-likeness (QED) is 0.524. The molecule has 3 heterocycles. The zero-order chi connectivity index (χ0) is 21.4. The molecule has 0 aliphatic carbocycles. The molecule has 0 saturated carbocycles. The highest BCUT2D eigenvalue weighted by Crippen LogP contribution is 2.31. The molecule has 156 valence electrons. The Kier molecular flexibility index (Phi) is 4.76. The van der Waals surface area contributed by atoms with E-state index in [1.807, 2.05) is 65.4 Å². The Balaban J connectivity index is 1.55. The molecule has 4 aromatic rings. The lowest BCUT2D eigenvalue weighted by molar-refractivity contribution is 0.199. The highest BCUT2D eigenvalue weighted by molar-refractivity contribution is 5.96. The molecule has 2 aromatic carbocycles. The molecule has 1 aliphatic rings. The number of aliphatic hydroxyl groups is 1. The van der Waals surface area contributed by atoms with Crippen LogP contribution in [0.15, 0.2) is 71.9 Å². The number of aromatic nitrogens is 3. The maximum atomic E-state index is 12.6. The number of fused-ring (bicyclic) bond motifs is 1. The SMILES string of the molecule is O=C1N(CCO)CCN1c1ccc(-c2cn(-c3ccccc3)c3nc[nH]c(=O)c23)cc1. The van der Waals surface area contributed by atoms with E-state index in [0.29, 0.717) is 30.7 Å². The lowest BCUT2D eigenvalue weighted by Gasteiger charge is -2.18. The van der Waals surface area contributed by atoms with E-state index in [9.17, 15) is 9.59 Å². The van der Waals surface area contributed by atoms with Gasteiger partial charge in [-0.15, -0.1) is 0 Å². The molecule has 1 saturated heterocycles. The predicted molar refractivity (Wildman–Crippen MR) is 119 cm³/mol. The van der Waals surface area contributed by atoms with Crippen molar-refractivity contribution in [1.29, 1.82) is 0 Å². The van der Waals surface area contributed by atoms with Gasteiger partial charge in [0, 0.05) is 42.8 Å². The van der Waals surface area contributed by atoms with Crippen molar-refractivity contribution in [3.8, 4) is 16.8 Å². The van der Waals surface area contributed by atoms with Crippen LogP contribution in [0.4, 0.5) is 10.5 Å². The van der Waals surface area contributed by atoms with Crippen LogP contribution in [0.3, 0.4) is 0 Å². The Morgan fingerprint density at radius 3 is 2.48 bits per heavy atom. The summed E-state index contributed by atoms with van der Waals surface area (Å²) < 4.78 is 1.91. The number of hydrogen-bond acceptors (Lipinski definition) is 4. The van der Waals surface area contributed by atoms with Crippen molar-refractivity contribution >= 4 is 22.8 Å². The van der Waals surface area contributed by atoms with E-state index < -0.39 is 0 Å². The van der Waals surface area contributed by atoms with Gasteiger partial charge in [0.15, 0.2) is 5.65 Å². The van der Waals surface area contributed by atoms with Crippen molar-refractivity contribution in [3.05, 3.63) is 77.5 Å². The monoisotopic (exact) mass is 415 g/mol. The topological polar surface area (TPSA) is 94.5 Å². The van der Waals surface area contributed by atoms with E-state index in [2.05, 4.69) is 9.97 Å². The van der Waals surface area contributed by atoms with E-state index in [0.717, 1.165) is 22.5 Å². The first-order valence-corrected chi connectivity index (χ1v) is 10.1. The summed E-state index contributed by atoms with van der Waals surface area (Å²) in [5.41, 5.74) is 3.72. The number of amides is 2. The average Bonchev–Trinajstić information content (AvgIpc) is 3.37. The molecule has 0 radical (unpaired) electrons. The number of rotatable bonds is 5. The van der Waals surface area contributed by atoms with Gasteiger partial charge < -0.3 is 19.6 Å². The third-order valence-corrected chi connectivity index (χ3v) is 5.58. The number of nitrogens with one attached hydrogen (secondary N) is 1. The number of aliphatic hydroxyl groups excluding tert-OH is 1.